The molecule has 1 aliphatic rings. The highest BCUT2D eigenvalue weighted by molar-refractivity contribution is 6.10. The fourth-order valence-corrected chi connectivity index (χ4v) is 3.77. The van der Waals surface area contributed by atoms with Gasteiger partial charge in [0.2, 0.25) is 0 Å². The highest BCUT2D eigenvalue weighted by Gasteiger charge is 2.40. The summed E-state index contributed by atoms with van der Waals surface area (Å²) in [6.45, 7) is 4.38. The molecule has 0 heterocycles. The molecule has 2 aromatic carbocycles. The zero-order valence-electron chi connectivity index (χ0n) is 17.0. The Bertz CT molecular complexity index is 915. The molecule has 0 amide bonds. The lowest BCUT2D eigenvalue weighted by Crippen LogP contribution is -2.34. The highest BCUT2D eigenvalue weighted by atomic mass is 16.5. The standard InChI is InChI=1S/C24H26O5/c1-4-28-22-12-7-6-11-19(22)20-14-17(16-9-8-10-18(13-16)27-3)15-21(25)23(20)24(26)29-5-2/h6-13,15,20,23H,4-5,14H2,1-3H3/t20-,23-/m1/s1. The van der Waals surface area contributed by atoms with E-state index in [0.29, 0.717) is 18.8 Å². The van der Waals surface area contributed by atoms with E-state index in [-0.39, 0.29) is 18.3 Å². The molecular weight excluding hydrogens is 368 g/mol. The quantitative estimate of drug-likeness (QED) is 0.514. The molecule has 0 unspecified atom stereocenters. The number of rotatable bonds is 7. The molecule has 5 heteroatoms. The number of esters is 1. The molecule has 0 saturated heterocycles. The van der Waals surface area contributed by atoms with Gasteiger partial charge in [-0.2, -0.15) is 0 Å². The maximum Gasteiger partial charge on any atom is 0.317 e. The molecule has 0 bridgehead atoms. The Morgan fingerprint density at radius 2 is 1.86 bits per heavy atom. The summed E-state index contributed by atoms with van der Waals surface area (Å²) >= 11 is 0. The van der Waals surface area contributed by atoms with E-state index < -0.39 is 11.9 Å². The van der Waals surface area contributed by atoms with Gasteiger partial charge in [0.15, 0.2) is 5.78 Å². The van der Waals surface area contributed by atoms with Gasteiger partial charge in [0.1, 0.15) is 17.4 Å². The smallest absolute Gasteiger partial charge is 0.317 e. The summed E-state index contributed by atoms with van der Waals surface area (Å²) in [7, 11) is 1.61. The van der Waals surface area contributed by atoms with Crippen LogP contribution >= 0.6 is 0 Å². The number of hydrogen-bond donors (Lipinski definition) is 0. The minimum absolute atomic E-state index is 0.231. The van der Waals surface area contributed by atoms with Crippen molar-refractivity contribution >= 4 is 17.3 Å². The fourth-order valence-electron chi connectivity index (χ4n) is 3.77. The van der Waals surface area contributed by atoms with E-state index in [4.69, 9.17) is 14.2 Å². The van der Waals surface area contributed by atoms with Gasteiger partial charge in [-0.15, -0.1) is 0 Å². The van der Waals surface area contributed by atoms with E-state index in [1.54, 1.807) is 20.1 Å². The van der Waals surface area contributed by atoms with Gasteiger partial charge in [-0.3, -0.25) is 9.59 Å². The number of para-hydroxylation sites is 1. The van der Waals surface area contributed by atoms with Crippen LogP contribution in [0.1, 0.15) is 37.3 Å². The Hall–Kier alpha value is -3.08. The number of carbonyl (C=O) groups excluding carboxylic acids is 2. The lowest BCUT2D eigenvalue weighted by Gasteiger charge is -2.30. The van der Waals surface area contributed by atoms with Crippen LogP contribution in [0.5, 0.6) is 11.5 Å². The highest BCUT2D eigenvalue weighted by Crippen LogP contribution is 2.43. The summed E-state index contributed by atoms with van der Waals surface area (Å²) in [5.74, 6) is -0.580. The minimum atomic E-state index is -0.883. The van der Waals surface area contributed by atoms with Crippen molar-refractivity contribution in [2.75, 3.05) is 20.3 Å². The number of benzene rings is 2. The first kappa shape index (κ1) is 20.6. The van der Waals surface area contributed by atoms with Crippen LogP contribution < -0.4 is 9.47 Å². The molecule has 2 atom stereocenters. The van der Waals surface area contributed by atoms with Crippen molar-refractivity contribution in [1.29, 1.82) is 0 Å². The Morgan fingerprint density at radius 1 is 1.07 bits per heavy atom. The molecule has 0 spiro atoms. The zero-order chi connectivity index (χ0) is 20.8. The van der Waals surface area contributed by atoms with Crippen LogP contribution in [-0.2, 0) is 14.3 Å². The van der Waals surface area contributed by atoms with Gasteiger partial charge in [-0.25, -0.2) is 0 Å². The van der Waals surface area contributed by atoms with Crippen LogP contribution in [0.4, 0.5) is 0 Å². The maximum absolute atomic E-state index is 13.1. The third kappa shape index (κ3) is 4.50. The van der Waals surface area contributed by atoms with Crippen LogP contribution in [0, 0.1) is 5.92 Å². The molecule has 0 saturated carbocycles. The lowest BCUT2D eigenvalue weighted by atomic mass is 9.73. The van der Waals surface area contributed by atoms with E-state index in [2.05, 4.69) is 0 Å². The van der Waals surface area contributed by atoms with E-state index >= 15 is 0 Å². The second-order valence-electron chi connectivity index (χ2n) is 6.82. The first-order valence-electron chi connectivity index (χ1n) is 9.86. The number of ether oxygens (including phenoxy) is 3. The second kappa shape index (κ2) is 9.41. The molecule has 0 aliphatic heterocycles. The van der Waals surface area contributed by atoms with E-state index in [1.807, 2.05) is 55.5 Å². The number of ketones is 1. The van der Waals surface area contributed by atoms with Crippen molar-refractivity contribution in [3.8, 4) is 11.5 Å². The van der Waals surface area contributed by atoms with Crippen LogP contribution in [0.3, 0.4) is 0 Å². The zero-order valence-corrected chi connectivity index (χ0v) is 17.0. The van der Waals surface area contributed by atoms with E-state index in [1.165, 1.54) is 0 Å². The third-order valence-corrected chi connectivity index (χ3v) is 5.06. The number of hydrogen-bond acceptors (Lipinski definition) is 5. The number of allylic oxidation sites excluding steroid dienone is 2. The Morgan fingerprint density at radius 3 is 2.59 bits per heavy atom. The molecule has 0 N–H and O–H groups in total. The Balaban J connectivity index is 2.06. The molecule has 29 heavy (non-hydrogen) atoms. The topological polar surface area (TPSA) is 61.8 Å². The Kier molecular flexibility index (Phi) is 6.70. The average Bonchev–Trinajstić information content (AvgIpc) is 2.74. The van der Waals surface area contributed by atoms with Gasteiger partial charge in [0.05, 0.1) is 20.3 Å². The molecule has 1 aliphatic carbocycles. The lowest BCUT2D eigenvalue weighted by molar-refractivity contribution is -0.151. The van der Waals surface area contributed by atoms with E-state index in [0.717, 1.165) is 22.4 Å². The van der Waals surface area contributed by atoms with Crippen molar-refractivity contribution in [3.63, 3.8) is 0 Å². The third-order valence-electron chi connectivity index (χ3n) is 5.06. The largest absolute Gasteiger partial charge is 0.497 e. The monoisotopic (exact) mass is 394 g/mol. The summed E-state index contributed by atoms with van der Waals surface area (Å²) in [6.07, 6.45) is 2.09. The summed E-state index contributed by atoms with van der Waals surface area (Å²) in [5, 5.41) is 0. The summed E-state index contributed by atoms with van der Waals surface area (Å²) in [5.41, 5.74) is 2.61. The normalized spacial score (nSPS) is 18.7. The minimum Gasteiger partial charge on any atom is -0.497 e. The fraction of sp³-hybridized carbons (Fsp3) is 0.333. The van der Waals surface area contributed by atoms with Gasteiger partial charge in [0.25, 0.3) is 0 Å². The molecule has 3 rings (SSSR count). The van der Waals surface area contributed by atoms with Crippen molar-refractivity contribution in [2.45, 2.75) is 26.2 Å². The van der Waals surface area contributed by atoms with Crippen molar-refractivity contribution < 1.29 is 23.8 Å². The molecule has 0 fully saturated rings. The Labute approximate surface area is 171 Å². The molecule has 152 valence electrons. The van der Waals surface area contributed by atoms with Crippen LogP contribution in [-0.4, -0.2) is 32.1 Å². The predicted molar refractivity (Wildman–Crippen MR) is 111 cm³/mol. The molecule has 0 aromatic heterocycles. The van der Waals surface area contributed by atoms with Gasteiger partial charge in [0, 0.05) is 5.92 Å². The molecule has 5 nitrogen and oxygen atoms in total. The summed E-state index contributed by atoms with van der Waals surface area (Å²) < 4.78 is 16.3. The van der Waals surface area contributed by atoms with E-state index in [9.17, 15) is 9.59 Å². The maximum atomic E-state index is 13.1. The summed E-state index contributed by atoms with van der Waals surface area (Å²) in [4.78, 5) is 25.7. The number of carbonyl (C=O) groups is 2. The first-order valence-corrected chi connectivity index (χ1v) is 9.86. The SMILES string of the molecule is CCOC(=O)[C@H]1C(=O)C=C(c2cccc(OC)c2)C[C@@H]1c1ccccc1OCC. The van der Waals surface area contributed by atoms with Crippen molar-refractivity contribution in [3.05, 3.63) is 65.7 Å². The van der Waals surface area contributed by atoms with Crippen molar-refractivity contribution in [2.24, 2.45) is 5.92 Å². The second-order valence-corrected chi connectivity index (χ2v) is 6.82. The van der Waals surface area contributed by atoms with Gasteiger partial charge in [-0.05, 0) is 61.2 Å². The van der Waals surface area contributed by atoms with Gasteiger partial charge in [-0.1, -0.05) is 30.3 Å². The van der Waals surface area contributed by atoms with Crippen LogP contribution in [0.2, 0.25) is 0 Å². The van der Waals surface area contributed by atoms with Crippen LogP contribution in [0.25, 0.3) is 5.57 Å². The van der Waals surface area contributed by atoms with Crippen molar-refractivity contribution in [1.82, 2.24) is 0 Å². The molecule has 0 radical (unpaired) electrons. The average molecular weight is 394 g/mol. The van der Waals surface area contributed by atoms with Crippen LogP contribution in [0.15, 0.2) is 54.6 Å². The van der Waals surface area contributed by atoms with Gasteiger partial charge >= 0.3 is 5.97 Å². The first-order chi connectivity index (χ1) is 14.1. The molecular formula is C24H26O5. The molecule has 2 aromatic rings. The summed E-state index contributed by atoms with van der Waals surface area (Å²) in [6, 6.07) is 15.2. The van der Waals surface area contributed by atoms with Gasteiger partial charge < -0.3 is 14.2 Å². The number of methoxy groups -OCH3 is 1. The predicted octanol–water partition coefficient (Wildman–Crippen LogP) is 4.41.